The summed E-state index contributed by atoms with van der Waals surface area (Å²) in [4.78, 5) is 42.1. The summed E-state index contributed by atoms with van der Waals surface area (Å²) in [5.41, 5.74) is 2.54. The van der Waals surface area contributed by atoms with E-state index in [1.54, 1.807) is 18.3 Å². The number of carbonyl (C=O) groups is 2. The Labute approximate surface area is 157 Å². The number of benzene rings is 2. The van der Waals surface area contributed by atoms with Gasteiger partial charge in [0.2, 0.25) is 0 Å². The minimum absolute atomic E-state index is 0.0947. The van der Waals surface area contributed by atoms with Crippen LogP contribution < -0.4 is 5.32 Å². The number of fused-ring (bicyclic) bond motifs is 2. The molecule has 0 saturated carbocycles. The zero-order valence-corrected chi connectivity index (χ0v) is 14.3. The number of non-ortho nitro benzene ring substituents is 1. The molecule has 2 aromatic heterocycles. The smallest absolute Gasteiger partial charge is 0.293 e. The highest BCUT2D eigenvalue weighted by molar-refractivity contribution is 6.50. The molecule has 2 amide bonds. The number of amides is 2. The van der Waals surface area contributed by atoms with Crippen LogP contribution in [-0.2, 0) is 9.59 Å². The van der Waals surface area contributed by atoms with Crippen LogP contribution in [0.25, 0.3) is 33.0 Å². The molecule has 0 saturated heterocycles. The zero-order chi connectivity index (χ0) is 19.4. The molecule has 136 valence electrons. The van der Waals surface area contributed by atoms with E-state index in [-0.39, 0.29) is 16.8 Å². The Balaban J connectivity index is 1.83. The van der Waals surface area contributed by atoms with Crippen LogP contribution in [-0.4, -0.2) is 26.7 Å². The second kappa shape index (κ2) is 5.65. The number of hydrogen-bond donors (Lipinski definition) is 3. The van der Waals surface area contributed by atoms with E-state index in [0.717, 1.165) is 10.9 Å². The number of carbonyl (C=O) groups excluding carboxylic acids is 2. The molecular weight excluding hydrogens is 360 g/mol. The fourth-order valence-corrected chi connectivity index (χ4v) is 3.74. The van der Waals surface area contributed by atoms with Gasteiger partial charge in [-0.2, -0.15) is 0 Å². The molecule has 0 unspecified atom stereocenters. The topological polar surface area (TPSA) is 121 Å². The maximum atomic E-state index is 12.6. The Morgan fingerprint density at radius 2 is 1.43 bits per heavy atom. The van der Waals surface area contributed by atoms with Crippen LogP contribution in [0.15, 0.2) is 54.9 Å². The van der Waals surface area contributed by atoms with Crippen molar-refractivity contribution in [1.29, 1.82) is 0 Å². The van der Waals surface area contributed by atoms with E-state index < -0.39 is 16.7 Å². The molecular formula is C20H12N4O4. The summed E-state index contributed by atoms with van der Waals surface area (Å²) in [6.45, 7) is 0. The van der Waals surface area contributed by atoms with E-state index in [2.05, 4.69) is 15.3 Å². The number of nitro benzene ring substituents is 1. The molecule has 0 fully saturated rings. The second-order valence-electron chi connectivity index (χ2n) is 6.44. The standard InChI is InChI=1S/C20H12N4O4/c25-19-16(12-8-21-14-6-2-1-4-10(12)14)17(20(26)23-19)13-9-22-18-11(13)5-3-7-15(18)24(27)28/h1-9,21-22H,(H,23,25,26). The molecule has 4 aromatic rings. The molecule has 2 aromatic carbocycles. The van der Waals surface area contributed by atoms with Gasteiger partial charge in [0.25, 0.3) is 17.5 Å². The van der Waals surface area contributed by atoms with Crippen molar-refractivity contribution in [3.8, 4) is 0 Å². The van der Waals surface area contributed by atoms with E-state index in [9.17, 15) is 19.7 Å². The number of hydrogen-bond acceptors (Lipinski definition) is 4. The molecule has 1 aliphatic rings. The number of H-pyrrole nitrogens is 2. The van der Waals surface area contributed by atoms with Gasteiger partial charge >= 0.3 is 0 Å². The summed E-state index contributed by atoms with van der Waals surface area (Å²) >= 11 is 0. The van der Waals surface area contributed by atoms with E-state index in [4.69, 9.17) is 0 Å². The number of aromatic nitrogens is 2. The first-order valence-electron chi connectivity index (χ1n) is 8.47. The maximum absolute atomic E-state index is 12.6. The van der Waals surface area contributed by atoms with Crippen molar-refractivity contribution < 1.29 is 14.5 Å². The molecule has 5 rings (SSSR count). The zero-order valence-electron chi connectivity index (χ0n) is 14.3. The fraction of sp³-hybridized carbons (Fsp3) is 0. The molecule has 3 heterocycles. The molecule has 3 N–H and O–H groups in total. The number of rotatable bonds is 3. The Morgan fingerprint density at radius 3 is 2.18 bits per heavy atom. The minimum atomic E-state index is -0.530. The van der Waals surface area contributed by atoms with E-state index >= 15 is 0 Å². The summed E-state index contributed by atoms with van der Waals surface area (Å²) in [5, 5.41) is 15.0. The van der Waals surface area contributed by atoms with Crippen molar-refractivity contribution in [2.24, 2.45) is 0 Å². The van der Waals surface area contributed by atoms with E-state index in [1.165, 1.54) is 12.3 Å². The van der Waals surface area contributed by atoms with Gasteiger partial charge in [-0.3, -0.25) is 25.0 Å². The van der Waals surface area contributed by atoms with Crippen LogP contribution in [0.2, 0.25) is 0 Å². The monoisotopic (exact) mass is 372 g/mol. The summed E-state index contributed by atoms with van der Waals surface area (Å²) in [6, 6.07) is 12.1. The van der Waals surface area contributed by atoms with Crippen molar-refractivity contribution in [2.45, 2.75) is 0 Å². The Kier molecular flexibility index (Phi) is 3.23. The van der Waals surface area contributed by atoms with Crippen LogP contribution >= 0.6 is 0 Å². The van der Waals surface area contributed by atoms with Crippen LogP contribution in [0, 0.1) is 10.1 Å². The van der Waals surface area contributed by atoms with Crippen molar-refractivity contribution >= 4 is 50.5 Å². The molecule has 1 aliphatic heterocycles. The third-order valence-corrected chi connectivity index (χ3v) is 4.95. The fourth-order valence-electron chi connectivity index (χ4n) is 3.74. The summed E-state index contributed by atoms with van der Waals surface area (Å²) in [7, 11) is 0. The third-order valence-electron chi connectivity index (χ3n) is 4.95. The van der Waals surface area contributed by atoms with Gasteiger partial charge in [-0.15, -0.1) is 0 Å². The number of nitro groups is 1. The molecule has 28 heavy (non-hydrogen) atoms. The number of nitrogens with zero attached hydrogens (tertiary/aromatic N) is 1. The van der Waals surface area contributed by atoms with Crippen LogP contribution in [0.4, 0.5) is 5.69 Å². The highest BCUT2D eigenvalue weighted by atomic mass is 16.6. The van der Waals surface area contributed by atoms with Crippen molar-refractivity contribution in [3.63, 3.8) is 0 Å². The highest BCUT2D eigenvalue weighted by Gasteiger charge is 2.35. The lowest BCUT2D eigenvalue weighted by molar-refractivity contribution is -0.383. The highest BCUT2D eigenvalue weighted by Crippen LogP contribution is 2.38. The van der Waals surface area contributed by atoms with Gasteiger partial charge in [0.05, 0.1) is 16.1 Å². The van der Waals surface area contributed by atoms with Crippen molar-refractivity contribution in [1.82, 2.24) is 15.3 Å². The Bertz CT molecular complexity index is 1360. The van der Waals surface area contributed by atoms with Gasteiger partial charge in [-0.1, -0.05) is 30.3 Å². The molecule has 0 atom stereocenters. The van der Waals surface area contributed by atoms with Crippen molar-refractivity contribution in [3.05, 3.63) is 76.1 Å². The van der Waals surface area contributed by atoms with Gasteiger partial charge in [0.15, 0.2) is 0 Å². The number of para-hydroxylation sites is 2. The van der Waals surface area contributed by atoms with Crippen LogP contribution in [0.3, 0.4) is 0 Å². The van der Waals surface area contributed by atoms with Gasteiger partial charge in [-0.25, -0.2) is 0 Å². The predicted octanol–water partition coefficient (Wildman–Crippen LogP) is 3.12. The largest absolute Gasteiger partial charge is 0.361 e. The van der Waals surface area contributed by atoms with E-state index in [1.807, 2.05) is 24.3 Å². The molecule has 0 spiro atoms. The first-order chi connectivity index (χ1) is 13.6. The summed E-state index contributed by atoms with van der Waals surface area (Å²) < 4.78 is 0. The van der Waals surface area contributed by atoms with Crippen LogP contribution in [0.1, 0.15) is 11.1 Å². The van der Waals surface area contributed by atoms with Gasteiger partial charge in [0, 0.05) is 45.9 Å². The molecule has 8 nitrogen and oxygen atoms in total. The number of aromatic amines is 2. The van der Waals surface area contributed by atoms with Gasteiger partial charge < -0.3 is 9.97 Å². The Morgan fingerprint density at radius 1 is 0.786 bits per heavy atom. The average molecular weight is 372 g/mol. The van der Waals surface area contributed by atoms with Gasteiger partial charge in [-0.05, 0) is 6.07 Å². The quantitative estimate of drug-likeness (QED) is 0.291. The minimum Gasteiger partial charge on any atom is -0.361 e. The normalized spacial score (nSPS) is 14.3. The van der Waals surface area contributed by atoms with Gasteiger partial charge in [0.1, 0.15) is 5.52 Å². The lowest BCUT2D eigenvalue weighted by atomic mass is 9.95. The Hall–Kier alpha value is -4.20. The number of imide groups is 1. The van der Waals surface area contributed by atoms with Crippen molar-refractivity contribution in [2.75, 3.05) is 0 Å². The molecule has 0 aliphatic carbocycles. The SMILES string of the molecule is O=C1NC(=O)C(c2c[nH]c3c([N+](=O)[O-])cccc23)=C1c1c[nH]c2ccccc12. The molecule has 8 heteroatoms. The summed E-state index contributed by atoms with van der Waals surface area (Å²) in [6.07, 6.45) is 3.22. The van der Waals surface area contributed by atoms with E-state index in [0.29, 0.717) is 22.0 Å². The van der Waals surface area contributed by atoms with Crippen LogP contribution in [0.5, 0.6) is 0 Å². The molecule has 0 radical (unpaired) electrons. The average Bonchev–Trinajstić information content (AvgIpc) is 3.36. The molecule has 0 bridgehead atoms. The third kappa shape index (κ3) is 2.11. The summed E-state index contributed by atoms with van der Waals surface area (Å²) in [5.74, 6) is -1.03. The second-order valence-corrected chi connectivity index (χ2v) is 6.44. The maximum Gasteiger partial charge on any atom is 0.293 e. The number of nitrogens with one attached hydrogen (secondary N) is 3. The predicted molar refractivity (Wildman–Crippen MR) is 103 cm³/mol. The lowest BCUT2D eigenvalue weighted by Crippen LogP contribution is -2.22. The lowest BCUT2D eigenvalue weighted by Gasteiger charge is -2.03. The first-order valence-corrected chi connectivity index (χ1v) is 8.47. The first kappa shape index (κ1) is 16.0.